The Morgan fingerprint density at radius 1 is 1.29 bits per heavy atom. The highest BCUT2D eigenvalue weighted by Gasteiger charge is 2.29. The van der Waals surface area contributed by atoms with Crippen LogP contribution in [0.2, 0.25) is 0 Å². The molecule has 0 aromatic heterocycles. The molecule has 2 N–H and O–H groups in total. The fourth-order valence-corrected chi connectivity index (χ4v) is 5.16. The van der Waals surface area contributed by atoms with Gasteiger partial charge in [-0.25, -0.2) is 13.2 Å². The minimum absolute atomic E-state index is 0. The van der Waals surface area contributed by atoms with E-state index in [1.54, 1.807) is 11.9 Å². The number of aliphatic imine (C=N–C) groups is 1. The Bertz CT molecular complexity index is 648. The highest BCUT2D eigenvalue weighted by Crippen LogP contribution is 2.21. The molecule has 164 valence electrons. The summed E-state index contributed by atoms with van der Waals surface area (Å²) in [6, 6.07) is -0.0708. The SMILES string of the molecule is CN=C(NCCC1CCCN(C(=O)OC(C)(C)C)C1)NC1CCS(=O)(=O)C1.I. The Balaban J connectivity index is 0.00000392. The Morgan fingerprint density at radius 3 is 2.57 bits per heavy atom. The van der Waals surface area contributed by atoms with E-state index in [2.05, 4.69) is 15.6 Å². The second kappa shape index (κ2) is 10.8. The first-order valence-electron chi connectivity index (χ1n) is 9.73. The molecule has 2 rings (SSSR count). The van der Waals surface area contributed by atoms with Crippen LogP contribution in [0.5, 0.6) is 0 Å². The fourth-order valence-electron chi connectivity index (χ4n) is 3.48. The number of piperidine rings is 1. The predicted molar refractivity (Wildman–Crippen MR) is 122 cm³/mol. The molecule has 10 heteroatoms. The van der Waals surface area contributed by atoms with E-state index >= 15 is 0 Å². The van der Waals surface area contributed by atoms with Crippen molar-refractivity contribution in [3.8, 4) is 0 Å². The number of guanidine groups is 1. The first-order chi connectivity index (χ1) is 12.6. The lowest BCUT2D eigenvalue weighted by molar-refractivity contribution is 0.0162. The Kier molecular flexibility index (Phi) is 9.78. The highest BCUT2D eigenvalue weighted by molar-refractivity contribution is 14.0. The zero-order chi connectivity index (χ0) is 20.1. The molecule has 0 radical (unpaired) electrons. The van der Waals surface area contributed by atoms with Crippen molar-refractivity contribution in [1.82, 2.24) is 15.5 Å². The average Bonchev–Trinajstić information content (AvgIpc) is 2.91. The van der Waals surface area contributed by atoms with Crippen molar-refractivity contribution in [2.24, 2.45) is 10.9 Å². The molecule has 0 aromatic rings. The second-order valence-electron chi connectivity index (χ2n) is 8.47. The molecule has 2 fully saturated rings. The highest BCUT2D eigenvalue weighted by atomic mass is 127. The quantitative estimate of drug-likeness (QED) is 0.328. The summed E-state index contributed by atoms with van der Waals surface area (Å²) in [5.74, 6) is 1.46. The predicted octanol–water partition coefficient (Wildman–Crippen LogP) is 1.99. The summed E-state index contributed by atoms with van der Waals surface area (Å²) in [5, 5.41) is 6.45. The Labute approximate surface area is 186 Å². The number of rotatable bonds is 4. The van der Waals surface area contributed by atoms with Gasteiger partial charge in [-0.15, -0.1) is 24.0 Å². The van der Waals surface area contributed by atoms with Gasteiger partial charge in [-0.1, -0.05) is 0 Å². The van der Waals surface area contributed by atoms with E-state index < -0.39 is 15.4 Å². The average molecular weight is 530 g/mol. The van der Waals surface area contributed by atoms with E-state index in [0.29, 0.717) is 24.8 Å². The monoisotopic (exact) mass is 530 g/mol. The number of hydrogen-bond acceptors (Lipinski definition) is 5. The molecular formula is C18H35IN4O4S. The van der Waals surface area contributed by atoms with Crippen LogP contribution in [0.1, 0.15) is 46.5 Å². The second-order valence-corrected chi connectivity index (χ2v) is 10.7. The van der Waals surface area contributed by atoms with Crippen LogP contribution in [0.3, 0.4) is 0 Å². The standard InChI is InChI=1S/C18H34N4O4S.HI/c1-18(2,3)26-17(23)22-10-5-6-14(12-22)7-9-20-16(19-4)21-15-8-11-27(24,25)13-15;/h14-15H,5-13H2,1-4H3,(H2,19,20,21);1H. The zero-order valence-electron chi connectivity index (χ0n) is 17.4. The van der Waals surface area contributed by atoms with Gasteiger partial charge < -0.3 is 20.3 Å². The topological polar surface area (TPSA) is 100 Å². The van der Waals surface area contributed by atoms with Crippen molar-refractivity contribution in [1.29, 1.82) is 0 Å². The summed E-state index contributed by atoms with van der Waals surface area (Å²) < 4.78 is 28.6. The van der Waals surface area contributed by atoms with Gasteiger partial charge in [0.1, 0.15) is 5.60 Å². The van der Waals surface area contributed by atoms with Crippen molar-refractivity contribution in [2.75, 3.05) is 38.2 Å². The molecule has 0 saturated carbocycles. The zero-order valence-corrected chi connectivity index (χ0v) is 20.5. The van der Waals surface area contributed by atoms with Crippen LogP contribution in [0, 0.1) is 5.92 Å². The van der Waals surface area contributed by atoms with Gasteiger partial charge in [0.25, 0.3) is 0 Å². The molecule has 2 saturated heterocycles. The first-order valence-corrected chi connectivity index (χ1v) is 11.6. The van der Waals surface area contributed by atoms with E-state index in [0.717, 1.165) is 32.4 Å². The third-order valence-electron chi connectivity index (χ3n) is 4.81. The number of carbonyl (C=O) groups is 1. The molecule has 0 aliphatic carbocycles. The van der Waals surface area contributed by atoms with E-state index in [1.165, 1.54) is 0 Å². The Morgan fingerprint density at radius 2 is 2.00 bits per heavy atom. The maximum absolute atomic E-state index is 12.2. The van der Waals surface area contributed by atoms with Crippen LogP contribution in [-0.2, 0) is 14.6 Å². The molecule has 28 heavy (non-hydrogen) atoms. The molecule has 0 aromatic carbocycles. The van der Waals surface area contributed by atoms with Crippen molar-refractivity contribution in [3.05, 3.63) is 0 Å². The summed E-state index contributed by atoms with van der Waals surface area (Å²) in [7, 11) is -1.22. The number of nitrogens with zero attached hydrogens (tertiary/aromatic N) is 2. The lowest BCUT2D eigenvalue weighted by Crippen LogP contribution is -2.46. The van der Waals surface area contributed by atoms with Gasteiger partial charge >= 0.3 is 6.09 Å². The number of hydrogen-bond donors (Lipinski definition) is 2. The van der Waals surface area contributed by atoms with Crippen molar-refractivity contribution < 1.29 is 17.9 Å². The van der Waals surface area contributed by atoms with Crippen LogP contribution in [0.25, 0.3) is 0 Å². The van der Waals surface area contributed by atoms with Gasteiger partial charge in [0, 0.05) is 32.7 Å². The van der Waals surface area contributed by atoms with Crippen LogP contribution in [0.4, 0.5) is 4.79 Å². The minimum Gasteiger partial charge on any atom is -0.444 e. The lowest BCUT2D eigenvalue weighted by Gasteiger charge is -2.34. The van der Waals surface area contributed by atoms with E-state index in [4.69, 9.17) is 4.74 Å². The third kappa shape index (κ3) is 8.71. The van der Waals surface area contributed by atoms with Gasteiger partial charge in [-0.2, -0.15) is 0 Å². The molecule has 8 nitrogen and oxygen atoms in total. The molecule has 2 unspecified atom stereocenters. The Hall–Kier alpha value is -0.780. The van der Waals surface area contributed by atoms with Gasteiger partial charge in [0.05, 0.1) is 11.5 Å². The van der Waals surface area contributed by atoms with Crippen molar-refractivity contribution in [2.45, 2.75) is 58.1 Å². The first kappa shape index (κ1) is 25.3. The van der Waals surface area contributed by atoms with Crippen molar-refractivity contribution in [3.63, 3.8) is 0 Å². The maximum atomic E-state index is 12.2. The summed E-state index contributed by atoms with van der Waals surface area (Å²) in [6.45, 7) is 7.83. The van der Waals surface area contributed by atoms with Gasteiger partial charge in [0.2, 0.25) is 0 Å². The summed E-state index contributed by atoms with van der Waals surface area (Å²) in [6.07, 6.45) is 3.38. The minimum atomic E-state index is -2.91. The number of likely N-dealkylation sites (tertiary alicyclic amines) is 1. The molecule has 2 aliphatic rings. The van der Waals surface area contributed by atoms with E-state index in [-0.39, 0.29) is 47.6 Å². The fraction of sp³-hybridized carbons (Fsp3) is 0.889. The molecule has 0 spiro atoms. The molecule has 2 heterocycles. The smallest absolute Gasteiger partial charge is 0.410 e. The molecule has 1 amide bonds. The van der Waals surface area contributed by atoms with Crippen molar-refractivity contribution >= 4 is 45.9 Å². The number of sulfone groups is 1. The van der Waals surface area contributed by atoms with E-state index in [1.807, 2.05) is 20.8 Å². The largest absolute Gasteiger partial charge is 0.444 e. The summed E-state index contributed by atoms with van der Waals surface area (Å²) >= 11 is 0. The third-order valence-corrected chi connectivity index (χ3v) is 6.58. The number of ether oxygens (including phenoxy) is 1. The van der Waals surface area contributed by atoms with Gasteiger partial charge in [0.15, 0.2) is 15.8 Å². The lowest BCUT2D eigenvalue weighted by atomic mass is 9.95. The van der Waals surface area contributed by atoms with Gasteiger partial charge in [-0.3, -0.25) is 4.99 Å². The molecular weight excluding hydrogens is 495 g/mol. The molecule has 0 bridgehead atoms. The van der Waals surface area contributed by atoms with E-state index in [9.17, 15) is 13.2 Å². The summed E-state index contributed by atoms with van der Waals surface area (Å²) in [4.78, 5) is 18.2. The van der Waals surface area contributed by atoms with Gasteiger partial charge in [-0.05, 0) is 52.4 Å². The number of nitrogens with one attached hydrogen (secondary N) is 2. The number of amides is 1. The molecule has 2 aliphatic heterocycles. The van der Waals surface area contributed by atoms with Crippen LogP contribution >= 0.6 is 24.0 Å². The molecule has 2 atom stereocenters. The van der Waals surface area contributed by atoms with Crippen LogP contribution < -0.4 is 10.6 Å². The van der Waals surface area contributed by atoms with Crippen LogP contribution in [-0.4, -0.2) is 75.2 Å². The van der Waals surface area contributed by atoms with Crippen LogP contribution in [0.15, 0.2) is 4.99 Å². The normalized spacial score (nSPS) is 25.0. The number of halogens is 1. The maximum Gasteiger partial charge on any atom is 0.410 e. The number of carbonyl (C=O) groups excluding carboxylic acids is 1. The summed E-state index contributed by atoms with van der Waals surface area (Å²) in [5.41, 5.74) is -0.475.